The van der Waals surface area contributed by atoms with Crippen LogP contribution in [-0.2, 0) is 26.9 Å². The molecular weight excluding hydrogens is 273 g/mol. The largest absolute Gasteiger partial charge is 0.468 e. The Bertz CT molecular complexity index is 495. The fourth-order valence-electron chi connectivity index (χ4n) is 1.84. The molecule has 1 aromatic rings. The minimum atomic E-state index is -4.40. The van der Waals surface area contributed by atoms with Gasteiger partial charge >= 0.3 is 12.1 Å². The van der Waals surface area contributed by atoms with E-state index in [2.05, 4.69) is 4.74 Å². The topological polar surface area (TPSA) is 43.4 Å². The zero-order valence-corrected chi connectivity index (χ0v) is 11.2. The lowest BCUT2D eigenvalue weighted by atomic mass is 9.95. The highest BCUT2D eigenvalue weighted by atomic mass is 19.4. The molecule has 0 fully saturated rings. The molecule has 0 spiro atoms. The first-order valence-electron chi connectivity index (χ1n) is 6.00. The highest BCUT2D eigenvalue weighted by Crippen LogP contribution is 2.30. The van der Waals surface area contributed by atoms with Gasteiger partial charge in [-0.2, -0.15) is 13.2 Å². The van der Waals surface area contributed by atoms with Gasteiger partial charge in [0.05, 0.1) is 12.7 Å². The SMILES string of the molecule is COC(=O)C(CCc1cccc(C(F)(F)F)c1)C(C)=O. The van der Waals surface area contributed by atoms with E-state index in [1.807, 2.05) is 0 Å². The number of esters is 1. The molecule has 0 radical (unpaired) electrons. The van der Waals surface area contributed by atoms with E-state index in [1.165, 1.54) is 26.2 Å². The second kappa shape index (κ2) is 6.54. The Morgan fingerprint density at radius 2 is 1.95 bits per heavy atom. The van der Waals surface area contributed by atoms with Gasteiger partial charge in [-0.3, -0.25) is 9.59 Å². The number of ketones is 1. The summed E-state index contributed by atoms with van der Waals surface area (Å²) < 4.78 is 42.1. The summed E-state index contributed by atoms with van der Waals surface area (Å²) in [6.45, 7) is 1.26. The lowest BCUT2D eigenvalue weighted by Gasteiger charge is -2.12. The van der Waals surface area contributed by atoms with Gasteiger partial charge in [0.2, 0.25) is 0 Å². The van der Waals surface area contributed by atoms with Crippen molar-refractivity contribution in [2.24, 2.45) is 5.92 Å². The smallest absolute Gasteiger partial charge is 0.416 e. The summed E-state index contributed by atoms with van der Waals surface area (Å²) in [4.78, 5) is 22.7. The fourth-order valence-corrected chi connectivity index (χ4v) is 1.84. The molecule has 0 N–H and O–H groups in total. The minimum Gasteiger partial charge on any atom is -0.468 e. The van der Waals surface area contributed by atoms with Crippen LogP contribution in [0.4, 0.5) is 13.2 Å². The molecule has 0 aliphatic rings. The fraction of sp³-hybridized carbons (Fsp3) is 0.429. The van der Waals surface area contributed by atoms with Crippen LogP contribution in [0, 0.1) is 5.92 Å². The van der Waals surface area contributed by atoms with Gasteiger partial charge in [0.25, 0.3) is 0 Å². The summed E-state index contributed by atoms with van der Waals surface area (Å²) in [5.74, 6) is -1.96. The number of aryl methyl sites for hydroxylation is 1. The van der Waals surface area contributed by atoms with E-state index in [0.717, 1.165) is 12.1 Å². The molecule has 6 heteroatoms. The third-order valence-electron chi connectivity index (χ3n) is 2.95. The number of carbonyl (C=O) groups is 2. The number of Topliss-reactive ketones (excluding diaryl/α,β-unsaturated/α-hetero) is 1. The van der Waals surface area contributed by atoms with Crippen molar-refractivity contribution in [3.8, 4) is 0 Å². The quantitative estimate of drug-likeness (QED) is 0.618. The molecule has 110 valence electrons. The molecular formula is C14H15F3O3. The Balaban J connectivity index is 2.79. The van der Waals surface area contributed by atoms with Crippen LogP contribution in [0.25, 0.3) is 0 Å². The lowest BCUT2D eigenvalue weighted by molar-refractivity contribution is -0.149. The van der Waals surface area contributed by atoms with E-state index in [0.29, 0.717) is 5.56 Å². The normalized spacial score (nSPS) is 12.8. The Hall–Kier alpha value is -1.85. The number of carbonyl (C=O) groups excluding carboxylic acids is 2. The summed E-state index contributed by atoms with van der Waals surface area (Å²) in [7, 11) is 1.17. The first-order chi connectivity index (χ1) is 9.25. The molecule has 3 nitrogen and oxygen atoms in total. The van der Waals surface area contributed by atoms with Crippen LogP contribution in [0.2, 0.25) is 0 Å². The van der Waals surface area contributed by atoms with Crippen LogP contribution in [0.5, 0.6) is 0 Å². The van der Waals surface area contributed by atoms with E-state index < -0.39 is 23.6 Å². The molecule has 0 aliphatic heterocycles. The van der Waals surface area contributed by atoms with E-state index in [-0.39, 0.29) is 18.6 Å². The van der Waals surface area contributed by atoms with Crippen LogP contribution in [0.15, 0.2) is 24.3 Å². The molecule has 0 saturated carbocycles. The number of rotatable bonds is 5. The van der Waals surface area contributed by atoms with Gasteiger partial charge in [-0.05, 0) is 31.4 Å². The molecule has 1 aromatic carbocycles. The first kappa shape index (κ1) is 16.2. The summed E-state index contributed by atoms with van der Waals surface area (Å²) in [6, 6.07) is 4.84. The Labute approximate surface area is 114 Å². The molecule has 0 amide bonds. The van der Waals surface area contributed by atoms with Crippen molar-refractivity contribution in [3.05, 3.63) is 35.4 Å². The monoisotopic (exact) mass is 288 g/mol. The summed E-state index contributed by atoms with van der Waals surface area (Å²) in [5.41, 5.74) is -0.317. The van der Waals surface area contributed by atoms with Crippen molar-refractivity contribution in [3.63, 3.8) is 0 Å². The van der Waals surface area contributed by atoms with Gasteiger partial charge < -0.3 is 4.74 Å². The molecule has 20 heavy (non-hydrogen) atoms. The van der Waals surface area contributed by atoms with Crippen molar-refractivity contribution >= 4 is 11.8 Å². The van der Waals surface area contributed by atoms with E-state index in [9.17, 15) is 22.8 Å². The Morgan fingerprint density at radius 1 is 1.30 bits per heavy atom. The van der Waals surface area contributed by atoms with Gasteiger partial charge in [-0.25, -0.2) is 0 Å². The highest BCUT2D eigenvalue weighted by Gasteiger charge is 2.30. The van der Waals surface area contributed by atoms with Gasteiger partial charge in [0.1, 0.15) is 11.7 Å². The van der Waals surface area contributed by atoms with Gasteiger partial charge in [-0.1, -0.05) is 18.2 Å². The van der Waals surface area contributed by atoms with Gasteiger partial charge in [0.15, 0.2) is 0 Å². The predicted molar refractivity (Wildman–Crippen MR) is 66.0 cm³/mol. The molecule has 0 bridgehead atoms. The number of benzene rings is 1. The molecule has 0 aromatic heterocycles. The van der Waals surface area contributed by atoms with Crippen molar-refractivity contribution in [2.75, 3.05) is 7.11 Å². The maximum atomic E-state index is 12.5. The standard InChI is InChI=1S/C14H15F3O3/c1-9(18)12(13(19)20-2)7-6-10-4-3-5-11(8-10)14(15,16)17/h3-5,8,12H,6-7H2,1-2H3. The number of methoxy groups -OCH3 is 1. The van der Waals surface area contributed by atoms with Crippen molar-refractivity contribution in [2.45, 2.75) is 25.9 Å². The number of hydrogen-bond acceptors (Lipinski definition) is 3. The van der Waals surface area contributed by atoms with Crippen LogP contribution in [0.1, 0.15) is 24.5 Å². The molecule has 1 atom stereocenters. The number of alkyl halides is 3. The van der Waals surface area contributed by atoms with E-state index in [4.69, 9.17) is 0 Å². The number of hydrogen-bond donors (Lipinski definition) is 0. The Kier molecular flexibility index (Phi) is 5.30. The molecule has 1 rings (SSSR count). The average Bonchev–Trinajstić information content (AvgIpc) is 2.37. The molecule has 0 heterocycles. The third-order valence-corrected chi connectivity index (χ3v) is 2.95. The summed E-state index contributed by atoms with van der Waals surface area (Å²) >= 11 is 0. The van der Waals surface area contributed by atoms with Crippen LogP contribution >= 0.6 is 0 Å². The molecule has 0 saturated heterocycles. The van der Waals surface area contributed by atoms with E-state index in [1.54, 1.807) is 0 Å². The van der Waals surface area contributed by atoms with Crippen LogP contribution in [0.3, 0.4) is 0 Å². The lowest BCUT2D eigenvalue weighted by Crippen LogP contribution is -2.23. The van der Waals surface area contributed by atoms with Crippen molar-refractivity contribution < 1.29 is 27.5 Å². The second-order valence-electron chi connectivity index (χ2n) is 4.42. The zero-order valence-electron chi connectivity index (χ0n) is 11.2. The maximum Gasteiger partial charge on any atom is 0.416 e. The van der Waals surface area contributed by atoms with Gasteiger partial charge in [-0.15, -0.1) is 0 Å². The zero-order chi connectivity index (χ0) is 15.3. The Morgan fingerprint density at radius 3 is 2.45 bits per heavy atom. The summed E-state index contributed by atoms with van der Waals surface area (Å²) in [6.07, 6.45) is -4.08. The van der Waals surface area contributed by atoms with Crippen LogP contribution in [-0.4, -0.2) is 18.9 Å². The van der Waals surface area contributed by atoms with Gasteiger partial charge in [0, 0.05) is 0 Å². The first-order valence-corrected chi connectivity index (χ1v) is 6.00. The van der Waals surface area contributed by atoms with Crippen molar-refractivity contribution in [1.29, 1.82) is 0 Å². The minimum absolute atomic E-state index is 0.128. The summed E-state index contributed by atoms with van der Waals surface area (Å²) in [5, 5.41) is 0. The van der Waals surface area contributed by atoms with Crippen molar-refractivity contribution in [1.82, 2.24) is 0 Å². The molecule has 0 aliphatic carbocycles. The number of halogens is 3. The van der Waals surface area contributed by atoms with E-state index >= 15 is 0 Å². The second-order valence-corrected chi connectivity index (χ2v) is 4.42. The van der Waals surface area contributed by atoms with Crippen LogP contribution < -0.4 is 0 Å². The highest BCUT2D eigenvalue weighted by molar-refractivity contribution is 5.97. The molecule has 1 unspecified atom stereocenters. The maximum absolute atomic E-state index is 12.5. The average molecular weight is 288 g/mol. The number of ether oxygens (including phenoxy) is 1. The predicted octanol–water partition coefficient (Wildman–Crippen LogP) is 3.02. The third kappa shape index (κ3) is 4.36.